The minimum absolute atomic E-state index is 1.26. The average Bonchev–Trinajstić information content (AvgIpc) is 2.30. The Kier molecular flexibility index (Phi) is 3.61. The number of aryl methyl sites for hydroxylation is 2. The molecule has 0 fully saturated rings. The summed E-state index contributed by atoms with van der Waals surface area (Å²) in [6.45, 7) is 4.16. The van der Waals surface area contributed by atoms with E-state index >= 15 is 0 Å². The molecule has 0 aromatic heterocycles. The van der Waals surface area contributed by atoms with E-state index in [4.69, 9.17) is 0 Å². The van der Waals surface area contributed by atoms with Crippen LogP contribution in [-0.4, -0.2) is 0 Å². The number of hydrogen-bond donors (Lipinski definition) is 0. The summed E-state index contributed by atoms with van der Waals surface area (Å²) >= 11 is 0. The second-order valence-corrected chi connectivity index (χ2v) is 4.46. The van der Waals surface area contributed by atoms with Gasteiger partial charge in [-0.15, -0.1) is 0 Å². The molecular weight excluding hydrogens is 192 g/mol. The molecule has 0 heteroatoms. The van der Waals surface area contributed by atoms with E-state index in [9.17, 15) is 0 Å². The third-order valence-electron chi connectivity index (χ3n) is 3.24. The van der Waals surface area contributed by atoms with Crippen molar-refractivity contribution in [3.05, 3.63) is 46.5 Å². The molecule has 0 N–H and O–H groups in total. The molecule has 0 saturated heterocycles. The van der Waals surface area contributed by atoms with Gasteiger partial charge in [0.05, 0.1) is 0 Å². The van der Waals surface area contributed by atoms with E-state index in [0.717, 1.165) is 0 Å². The van der Waals surface area contributed by atoms with Gasteiger partial charge in [0.25, 0.3) is 0 Å². The molecular formula is C16H20. The minimum atomic E-state index is 1.26. The lowest BCUT2D eigenvalue weighted by Crippen LogP contribution is -2.03. The maximum atomic E-state index is 2.38. The standard InChI is InChI=1S/C16H20/c1-3-7-13-11-15-9-5-6-10-16(15)12-14(13)8-4-2/h3-4,7-8,11-12H,5-6,9-10H2,1-2H3/b7-3-,8-4-. The first-order valence-electron chi connectivity index (χ1n) is 6.26. The van der Waals surface area contributed by atoms with Crippen LogP contribution in [0.25, 0.3) is 12.2 Å². The second kappa shape index (κ2) is 5.16. The Bertz CT molecular complexity index is 381. The van der Waals surface area contributed by atoms with Crippen molar-refractivity contribution in [2.75, 3.05) is 0 Å². The summed E-state index contributed by atoms with van der Waals surface area (Å²) in [4.78, 5) is 0. The third-order valence-corrected chi connectivity index (χ3v) is 3.24. The average molecular weight is 212 g/mol. The first-order chi connectivity index (χ1) is 7.85. The Balaban J connectivity index is 2.49. The number of allylic oxidation sites excluding steroid dienone is 2. The Labute approximate surface area is 98.7 Å². The molecule has 16 heavy (non-hydrogen) atoms. The molecule has 1 aromatic rings. The fourth-order valence-corrected chi connectivity index (χ4v) is 2.47. The maximum absolute atomic E-state index is 2.38. The lowest BCUT2D eigenvalue weighted by atomic mass is 9.88. The first-order valence-corrected chi connectivity index (χ1v) is 6.26. The molecule has 0 unspecified atom stereocenters. The summed E-state index contributed by atoms with van der Waals surface area (Å²) < 4.78 is 0. The van der Waals surface area contributed by atoms with Crippen LogP contribution >= 0.6 is 0 Å². The fourth-order valence-electron chi connectivity index (χ4n) is 2.47. The molecule has 1 aliphatic rings. The lowest BCUT2D eigenvalue weighted by Gasteiger charge is -2.17. The van der Waals surface area contributed by atoms with Crippen LogP contribution in [0.15, 0.2) is 24.3 Å². The molecule has 1 aliphatic carbocycles. The zero-order valence-corrected chi connectivity index (χ0v) is 10.3. The molecule has 2 rings (SSSR count). The molecule has 0 nitrogen and oxygen atoms in total. The number of rotatable bonds is 2. The van der Waals surface area contributed by atoms with Crippen LogP contribution in [0.5, 0.6) is 0 Å². The zero-order chi connectivity index (χ0) is 11.4. The normalized spacial score (nSPS) is 15.9. The quantitative estimate of drug-likeness (QED) is 0.670. The molecule has 0 heterocycles. The van der Waals surface area contributed by atoms with Gasteiger partial charge in [-0.25, -0.2) is 0 Å². The summed E-state index contributed by atoms with van der Waals surface area (Å²) in [5.41, 5.74) is 5.85. The lowest BCUT2D eigenvalue weighted by molar-refractivity contribution is 0.685. The molecule has 0 saturated carbocycles. The van der Waals surface area contributed by atoms with Crippen molar-refractivity contribution in [1.82, 2.24) is 0 Å². The first kappa shape index (κ1) is 11.2. The van der Waals surface area contributed by atoms with E-state index in [-0.39, 0.29) is 0 Å². The van der Waals surface area contributed by atoms with Crippen LogP contribution in [0.1, 0.15) is 48.9 Å². The van der Waals surface area contributed by atoms with Crippen LogP contribution in [-0.2, 0) is 12.8 Å². The third kappa shape index (κ3) is 2.27. The number of benzene rings is 1. The highest BCUT2D eigenvalue weighted by molar-refractivity contribution is 5.67. The van der Waals surface area contributed by atoms with Crippen molar-refractivity contribution in [2.24, 2.45) is 0 Å². The van der Waals surface area contributed by atoms with Gasteiger partial charge in [0.1, 0.15) is 0 Å². The summed E-state index contributed by atoms with van der Waals surface area (Å²) in [5, 5.41) is 0. The van der Waals surface area contributed by atoms with E-state index in [1.807, 2.05) is 0 Å². The van der Waals surface area contributed by atoms with Crippen LogP contribution in [0.2, 0.25) is 0 Å². The van der Waals surface area contributed by atoms with Crippen LogP contribution in [0, 0.1) is 0 Å². The Hall–Kier alpha value is -1.30. The van der Waals surface area contributed by atoms with Crippen LogP contribution < -0.4 is 0 Å². The van der Waals surface area contributed by atoms with Gasteiger partial charge < -0.3 is 0 Å². The van der Waals surface area contributed by atoms with Gasteiger partial charge in [-0.1, -0.05) is 36.4 Å². The van der Waals surface area contributed by atoms with Gasteiger partial charge in [0.15, 0.2) is 0 Å². The van der Waals surface area contributed by atoms with E-state index in [2.05, 4.69) is 50.3 Å². The number of fused-ring (bicyclic) bond motifs is 1. The molecule has 0 amide bonds. The van der Waals surface area contributed by atoms with Crippen molar-refractivity contribution < 1.29 is 0 Å². The molecule has 0 aliphatic heterocycles. The molecule has 0 atom stereocenters. The smallest absolute Gasteiger partial charge is 0.0184 e. The topological polar surface area (TPSA) is 0 Å². The Morgan fingerprint density at radius 3 is 1.62 bits per heavy atom. The van der Waals surface area contributed by atoms with Crippen molar-refractivity contribution in [3.8, 4) is 0 Å². The summed E-state index contributed by atoms with van der Waals surface area (Å²) in [6.07, 6.45) is 13.9. The molecule has 0 spiro atoms. The Morgan fingerprint density at radius 2 is 1.25 bits per heavy atom. The van der Waals surface area contributed by atoms with Crippen molar-refractivity contribution in [2.45, 2.75) is 39.5 Å². The van der Waals surface area contributed by atoms with Crippen LogP contribution in [0.4, 0.5) is 0 Å². The summed E-state index contributed by atoms with van der Waals surface area (Å²) in [5.74, 6) is 0. The molecule has 84 valence electrons. The fraction of sp³-hybridized carbons (Fsp3) is 0.375. The highest BCUT2D eigenvalue weighted by Crippen LogP contribution is 2.26. The highest BCUT2D eigenvalue weighted by atomic mass is 14.2. The minimum Gasteiger partial charge on any atom is -0.0870 e. The SMILES string of the molecule is C/C=C\c1cc2c(cc1/C=C\C)CCCC2. The summed E-state index contributed by atoms with van der Waals surface area (Å²) in [6, 6.07) is 4.76. The Morgan fingerprint density at radius 1 is 0.812 bits per heavy atom. The number of hydrogen-bond acceptors (Lipinski definition) is 0. The van der Waals surface area contributed by atoms with Gasteiger partial charge in [-0.05, 0) is 61.8 Å². The van der Waals surface area contributed by atoms with E-state index in [1.165, 1.54) is 36.8 Å². The van der Waals surface area contributed by atoms with E-state index in [0.29, 0.717) is 0 Å². The van der Waals surface area contributed by atoms with Crippen molar-refractivity contribution in [3.63, 3.8) is 0 Å². The predicted molar refractivity (Wildman–Crippen MR) is 72.5 cm³/mol. The van der Waals surface area contributed by atoms with Gasteiger partial charge in [0.2, 0.25) is 0 Å². The molecule has 0 radical (unpaired) electrons. The van der Waals surface area contributed by atoms with E-state index < -0.39 is 0 Å². The second-order valence-electron chi connectivity index (χ2n) is 4.46. The van der Waals surface area contributed by atoms with Gasteiger partial charge in [-0.2, -0.15) is 0 Å². The van der Waals surface area contributed by atoms with E-state index in [1.54, 1.807) is 11.1 Å². The maximum Gasteiger partial charge on any atom is -0.0184 e. The summed E-state index contributed by atoms with van der Waals surface area (Å²) in [7, 11) is 0. The molecule has 1 aromatic carbocycles. The largest absolute Gasteiger partial charge is 0.0870 e. The zero-order valence-electron chi connectivity index (χ0n) is 10.3. The van der Waals surface area contributed by atoms with Gasteiger partial charge >= 0.3 is 0 Å². The highest BCUT2D eigenvalue weighted by Gasteiger charge is 2.11. The van der Waals surface area contributed by atoms with Gasteiger partial charge in [0, 0.05) is 0 Å². The molecule has 0 bridgehead atoms. The van der Waals surface area contributed by atoms with Crippen molar-refractivity contribution in [1.29, 1.82) is 0 Å². The monoisotopic (exact) mass is 212 g/mol. The predicted octanol–water partition coefficient (Wildman–Crippen LogP) is 4.63. The van der Waals surface area contributed by atoms with Gasteiger partial charge in [-0.3, -0.25) is 0 Å². The van der Waals surface area contributed by atoms with Crippen LogP contribution in [0.3, 0.4) is 0 Å². The van der Waals surface area contributed by atoms with Crippen molar-refractivity contribution >= 4 is 12.2 Å².